The van der Waals surface area contributed by atoms with E-state index in [4.69, 9.17) is 5.84 Å². The van der Waals surface area contributed by atoms with E-state index < -0.39 is 4.92 Å². The lowest BCUT2D eigenvalue weighted by atomic mass is 10.1. The van der Waals surface area contributed by atoms with Crippen molar-refractivity contribution in [1.82, 2.24) is 4.90 Å². The fourth-order valence-corrected chi connectivity index (χ4v) is 1.74. The minimum absolute atomic E-state index is 0.0321. The molecule has 100 valence electrons. The van der Waals surface area contributed by atoms with E-state index in [9.17, 15) is 10.1 Å². The highest BCUT2D eigenvalue weighted by Gasteiger charge is 2.27. The van der Waals surface area contributed by atoms with Crippen LogP contribution in [0.4, 0.5) is 0 Å². The molecule has 0 saturated heterocycles. The Labute approximate surface area is 107 Å². The summed E-state index contributed by atoms with van der Waals surface area (Å²) in [6, 6.07) is 0. The lowest BCUT2D eigenvalue weighted by Gasteiger charge is -2.30. The first-order valence-electron chi connectivity index (χ1n) is 5.95. The minimum atomic E-state index is -0.484. The fourth-order valence-electron chi connectivity index (χ4n) is 1.74. The molecule has 1 atom stereocenters. The molecule has 0 aromatic carbocycles. The van der Waals surface area contributed by atoms with E-state index in [-0.39, 0.29) is 4.59 Å². The molecule has 2 N–H and O–H groups in total. The van der Waals surface area contributed by atoms with Gasteiger partial charge in [0.2, 0.25) is 0 Å². The minimum Gasteiger partial charge on any atom is -0.304 e. The van der Waals surface area contributed by atoms with Crippen molar-refractivity contribution in [3.05, 3.63) is 46.4 Å². The van der Waals surface area contributed by atoms with Gasteiger partial charge in [-0.2, -0.15) is 10.4 Å². The van der Waals surface area contributed by atoms with Crippen molar-refractivity contribution in [2.75, 3.05) is 27.2 Å². The zero-order valence-corrected chi connectivity index (χ0v) is 11.0. The number of likely N-dealkylation sites (N-methyl/N-ethyl adjacent to an activating group) is 1. The lowest BCUT2D eigenvalue weighted by molar-refractivity contribution is -0.852. The third-order valence-electron chi connectivity index (χ3n) is 2.83. The third kappa shape index (κ3) is 4.40. The summed E-state index contributed by atoms with van der Waals surface area (Å²) in [6.07, 6.45) is 10.3. The summed E-state index contributed by atoms with van der Waals surface area (Å²) in [7, 11) is 3.90. The van der Waals surface area contributed by atoms with E-state index in [0.717, 1.165) is 31.3 Å². The normalized spacial score (nSPS) is 19.0. The molecule has 0 spiro atoms. The first-order chi connectivity index (χ1) is 8.44. The fraction of sp³-hybridized carbons (Fsp3) is 0.500. The van der Waals surface area contributed by atoms with Crippen LogP contribution in [0.3, 0.4) is 0 Å². The maximum absolute atomic E-state index is 10.5. The van der Waals surface area contributed by atoms with Gasteiger partial charge in [-0.25, -0.2) is 0 Å². The molecule has 0 aromatic heterocycles. The molecule has 0 aromatic rings. The largest absolute Gasteiger partial charge is 0.304 e. The van der Waals surface area contributed by atoms with Gasteiger partial charge in [-0.3, -0.25) is 10.1 Å². The zero-order valence-electron chi connectivity index (χ0n) is 11.0. The molecule has 0 amide bonds. The van der Waals surface area contributed by atoms with E-state index in [2.05, 4.69) is 0 Å². The molecule has 6 nitrogen and oxygen atoms in total. The van der Waals surface area contributed by atoms with Gasteiger partial charge in [-0.1, -0.05) is 6.08 Å². The van der Waals surface area contributed by atoms with Crippen LogP contribution in [0.25, 0.3) is 0 Å². The molecule has 18 heavy (non-hydrogen) atoms. The van der Waals surface area contributed by atoms with Gasteiger partial charge in [0.25, 0.3) is 6.20 Å². The van der Waals surface area contributed by atoms with Crippen molar-refractivity contribution < 1.29 is 9.52 Å². The monoisotopic (exact) mass is 253 g/mol. The molecule has 1 unspecified atom stereocenters. The van der Waals surface area contributed by atoms with E-state index in [1.807, 2.05) is 37.2 Å². The van der Waals surface area contributed by atoms with Gasteiger partial charge >= 0.3 is 0 Å². The van der Waals surface area contributed by atoms with Crippen LogP contribution in [0.2, 0.25) is 0 Å². The van der Waals surface area contributed by atoms with Crippen LogP contribution in [-0.2, 0) is 0 Å². The highest BCUT2D eigenvalue weighted by Crippen LogP contribution is 2.19. The zero-order chi connectivity index (χ0) is 13.6. The van der Waals surface area contributed by atoms with Crippen molar-refractivity contribution in [2.24, 2.45) is 5.84 Å². The molecule has 0 heterocycles. The van der Waals surface area contributed by atoms with Crippen LogP contribution >= 0.6 is 0 Å². The number of hydrogen-bond acceptors (Lipinski definition) is 4. The molecular weight excluding hydrogens is 232 g/mol. The summed E-state index contributed by atoms with van der Waals surface area (Å²) in [5.41, 5.74) is 0.904. The van der Waals surface area contributed by atoms with Crippen LogP contribution in [0.5, 0.6) is 0 Å². The summed E-state index contributed by atoms with van der Waals surface area (Å²) >= 11 is 0. The van der Waals surface area contributed by atoms with E-state index >= 15 is 0 Å². The third-order valence-corrected chi connectivity index (χ3v) is 2.83. The van der Waals surface area contributed by atoms with Crippen LogP contribution in [0, 0.1) is 10.1 Å². The molecule has 0 fully saturated rings. The summed E-state index contributed by atoms with van der Waals surface area (Å²) in [4.78, 5) is 12.0. The van der Waals surface area contributed by atoms with Crippen LogP contribution in [0.15, 0.2) is 36.3 Å². The van der Waals surface area contributed by atoms with Crippen molar-refractivity contribution in [2.45, 2.75) is 12.8 Å². The number of allylic oxidation sites excluding steroid dienone is 3. The number of quaternary nitrogens is 1. The summed E-state index contributed by atoms with van der Waals surface area (Å²) in [5, 5.41) is 10.5. The van der Waals surface area contributed by atoms with E-state index in [0.29, 0.717) is 6.54 Å². The Morgan fingerprint density at radius 2 is 2.28 bits per heavy atom. The molecule has 1 aliphatic carbocycles. The molecule has 0 saturated carbocycles. The number of nitro groups is 1. The lowest BCUT2D eigenvalue weighted by Crippen LogP contribution is -2.51. The Bertz CT molecular complexity index is 388. The summed E-state index contributed by atoms with van der Waals surface area (Å²) < 4.78 is -0.0321. The topological polar surface area (TPSA) is 72.4 Å². The average molecular weight is 253 g/mol. The van der Waals surface area contributed by atoms with Crippen molar-refractivity contribution in [1.29, 1.82) is 0 Å². The molecule has 6 heteroatoms. The molecule has 0 aliphatic heterocycles. The van der Waals surface area contributed by atoms with Gasteiger partial charge in [0, 0.05) is 6.54 Å². The highest BCUT2D eigenvalue weighted by molar-refractivity contribution is 5.16. The van der Waals surface area contributed by atoms with Crippen LogP contribution in [0.1, 0.15) is 12.8 Å². The summed E-state index contributed by atoms with van der Waals surface area (Å²) in [5.74, 6) is 6.27. The number of nitrogens with two attached hydrogens (primary N) is 1. The van der Waals surface area contributed by atoms with Crippen LogP contribution < -0.4 is 5.84 Å². The molecule has 0 bridgehead atoms. The van der Waals surface area contributed by atoms with E-state index in [1.54, 1.807) is 0 Å². The first-order valence-corrected chi connectivity index (χ1v) is 5.95. The maximum Gasteiger partial charge on any atom is 0.289 e. The molecular formula is C12H21N4O2+. The van der Waals surface area contributed by atoms with Gasteiger partial charge < -0.3 is 4.90 Å². The van der Waals surface area contributed by atoms with Crippen molar-refractivity contribution in [3.8, 4) is 0 Å². The predicted molar refractivity (Wildman–Crippen MR) is 70.5 cm³/mol. The highest BCUT2D eigenvalue weighted by atomic mass is 16.6. The molecule has 1 aliphatic rings. The maximum atomic E-state index is 10.5. The number of rotatable bonds is 6. The SMILES string of the molecule is CN(C)CC[N+](N)(C=C[N+](=O)[O-])C1=CCCC=C1. The molecule has 1 rings (SSSR count). The van der Waals surface area contributed by atoms with Crippen LogP contribution in [-0.4, -0.2) is 41.6 Å². The number of nitrogens with zero attached hydrogens (tertiary/aromatic N) is 3. The standard InChI is InChI=1S/C12H21N4O2/c1-14(2)8-10-16(13,11-9-15(17)18)12-6-4-3-5-7-12/h4,6-7,9,11H,3,5,8,10,13H2,1-2H3/q+1. The van der Waals surface area contributed by atoms with E-state index in [1.165, 1.54) is 6.20 Å². The predicted octanol–water partition coefficient (Wildman–Crippen LogP) is 1.22. The smallest absolute Gasteiger partial charge is 0.289 e. The Morgan fingerprint density at radius 1 is 1.56 bits per heavy atom. The second kappa shape index (κ2) is 6.44. The second-order valence-corrected chi connectivity index (χ2v) is 4.65. The van der Waals surface area contributed by atoms with Gasteiger partial charge in [0.1, 0.15) is 6.54 Å². The average Bonchev–Trinajstić information content (AvgIpc) is 2.35. The van der Waals surface area contributed by atoms with Gasteiger partial charge in [-0.15, -0.1) is 0 Å². The second-order valence-electron chi connectivity index (χ2n) is 4.65. The number of hydrogen-bond donors (Lipinski definition) is 1. The van der Waals surface area contributed by atoms with Gasteiger partial charge in [0.15, 0.2) is 11.9 Å². The quantitative estimate of drug-likeness (QED) is 0.334. The Kier molecular flexibility index (Phi) is 5.21. The van der Waals surface area contributed by atoms with Gasteiger partial charge in [0.05, 0.1) is 4.92 Å². The Morgan fingerprint density at radius 3 is 2.78 bits per heavy atom. The Hall–Kier alpha value is -1.50. The molecule has 0 radical (unpaired) electrons. The summed E-state index contributed by atoms with van der Waals surface area (Å²) in [6.45, 7) is 1.34. The van der Waals surface area contributed by atoms with Gasteiger partial charge in [-0.05, 0) is 39.1 Å². The van der Waals surface area contributed by atoms with Crippen molar-refractivity contribution in [3.63, 3.8) is 0 Å². The first kappa shape index (κ1) is 14.6. The van der Waals surface area contributed by atoms with Crippen molar-refractivity contribution >= 4 is 0 Å². The Balaban J connectivity index is 2.88.